The summed E-state index contributed by atoms with van der Waals surface area (Å²) in [6, 6.07) is 1.53. The SMILES string of the molecule is CC(C)CC[C@@H](N)c1ccc(F)c(F)c1F. The van der Waals surface area contributed by atoms with Crippen LogP contribution in [0.1, 0.15) is 38.3 Å². The molecule has 0 bridgehead atoms. The lowest BCUT2D eigenvalue weighted by atomic mass is 9.98. The zero-order valence-electron chi connectivity index (χ0n) is 9.43. The van der Waals surface area contributed by atoms with Gasteiger partial charge in [0, 0.05) is 11.6 Å². The smallest absolute Gasteiger partial charge is 0.194 e. The molecule has 0 saturated heterocycles. The normalized spacial score (nSPS) is 13.2. The quantitative estimate of drug-likeness (QED) is 0.788. The number of benzene rings is 1. The van der Waals surface area contributed by atoms with E-state index in [0.29, 0.717) is 12.3 Å². The van der Waals surface area contributed by atoms with Gasteiger partial charge in [-0.1, -0.05) is 19.9 Å². The molecule has 0 spiro atoms. The third-order valence-electron chi connectivity index (χ3n) is 2.52. The van der Waals surface area contributed by atoms with Gasteiger partial charge >= 0.3 is 0 Å². The van der Waals surface area contributed by atoms with E-state index >= 15 is 0 Å². The Balaban J connectivity index is 2.84. The molecule has 0 amide bonds. The third kappa shape index (κ3) is 2.98. The summed E-state index contributed by atoms with van der Waals surface area (Å²) in [7, 11) is 0. The van der Waals surface area contributed by atoms with Crippen molar-refractivity contribution in [1.29, 1.82) is 0 Å². The first-order valence-corrected chi connectivity index (χ1v) is 5.32. The Kier molecular flexibility index (Phi) is 4.35. The van der Waals surface area contributed by atoms with Gasteiger partial charge in [0.1, 0.15) is 0 Å². The summed E-state index contributed by atoms with van der Waals surface area (Å²) in [5.74, 6) is -3.36. The fraction of sp³-hybridized carbons (Fsp3) is 0.500. The highest BCUT2D eigenvalue weighted by Gasteiger charge is 2.18. The summed E-state index contributed by atoms with van der Waals surface area (Å²) in [5, 5.41) is 0. The molecule has 0 aliphatic rings. The van der Waals surface area contributed by atoms with Crippen LogP contribution in [-0.2, 0) is 0 Å². The van der Waals surface area contributed by atoms with Crippen LogP contribution in [0.5, 0.6) is 0 Å². The molecule has 16 heavy (non-hydrogen) atoms. The van der Waals surface area contributed by atoms with E-state index in [9.17, 15) is 13.2 Å². The van der Waals surface area contributed by atoms with Gasteiger partial charge in [-0.25, -0.2) is 13.2 Å². The average molecular weight is 231 g/mol. The lowest BCUT2D eigenvalue weighted by Crippen LogP contribution is -2.14. The van der Waals surface area contributed by atoms with Crippen LogP contribution in [-0.4, -0.2) is 0 Å². The minimum atomic E-state index is -1.45. The van der Waals surface area contributed by atoms with Gasteiger partial charge in [-0.15, -0.1) is 0 Å². The first-order valence-electron chi connectivity index (χ1n) is 5.32. The maximum atomic E-state index is 13.3. The van der Waals surface area contributed by atoms with Crippen molar-refractivity contribution in [3.05, 3.63) is 35.1 Å². The molecule has 90 valence electrons. The Morgan fingerprint density at radius 2 is 1.69 bits per heavy atom. The molecule has 0 radical (unpaired) electrons. The van der Waals surface area contributed by atoms with Crippen molar-refractivity contribution in [2.45, 2.75) is 32.7 Å². The van der Waals surface area contributed by atoms with Crippen LogP contribution in [0.3, 0.4) is 0 Å². The zero-order valence-corrected chi connectivity index (χ0v) is 9.43. The molecular weight excluding hydrogens is 215 g/mol. The predicted octanol–water partition coefficient (Wildman–Crippen LogP) is 3.54. The van der Waals surface area contributed by atoms with Crippen molar-refractivity contribution in [3.8, 4) is 0 Å². The van der Waals surface area contributed by atoms with Crippen LogP contribution in [0.25, 0.3) is 0 Å². The van der Waals surface area contributed by atoms with Gasteiger partial charge in [-0.2, -0.15) is 0 Å². The second kappa shape index (κ2) is 5.34. The molecule has 0 fully saturated rings. The standard InChI is InChI=1S/C12H16F3N/c1-7(2)3-6-10(16)8-4-5-9(13)12(15)11(8)14/h4-5,7,10H,3,6,16H2,1-2H3/t10-/m1/s1. The second-order valence-corrected chi connectivity index (χ2v) is 4.34. The van der Waals surface area contributed by atoms with Crippen molar-refractivity contribution in [2.75, 3.05) is 0 Å². The van der Waals surface area contributed by atoms with Gasteiger partial charge in [-0.3, -0.25) is 0 Å². The van der Waals surface area contributed by atoms with Crippen LogP contribution in [0, 0.1) is 23.4 Å². The molecule has 0 aliphatic heterocycles. The number of nitrogens with two attached hydrogens (primary N) is 1. The first-order chi connectivity index (χ1) is 7.43. The summed E-state index contributed by atoms with van der Waals surface area (Å²) in [6.45, 7) is 4.04. The molecule has 1 atom stereocenters. The molecule has 0 heterocycles. The Morgan fingerprint density at radius 3 is 2.25 bits per heavy atom. The Labute approximate surface area is 93.5 Å². The predicted molar refractivity (Wildman–Crippen MR) is 57.3 cm³/mol. The van der Waals surface area contributed by atoms with Gasteiger partial charge in [0.05, 0.1) is 0 Å². The lowest BCUT2D eigenvalue weighted by molar-refractivity contribution is 0.427. The third-order valence-corrected chi connectivity index (χ3v) is 2.52. The van der Waals surface area contributed by atoms with Crippen LogP contribution in [0.4, 0.5) is 13.2 Å². The van der Waals surface area contributed by atoms with Crippen molar-refractivity contribution < 1.29 is 13.2 Å². The number of halogens is 3. The molecule has 0 aliphatic carbocycles. The Bertz CT molecular complexity index is 364. The minimum Gasteiger partial charge on any atom is -0.324 e. The Morgan fingerprint density at radius 1 is 1.06 bits per heavy atom. The van der Waals surface area contributed by atoms with E-state index in [0.717, 1.165) is 12.5 Å². The lowest BCUT2D eigenvalue weighted by Gasteiger charge is -2.14. The average Bonchev–Trinajstić information content (AvgIpc) is 2.23. The highest BCUT2D eigenvalue weighted by molar-refractivity contribution is 5.23. The summed E-state index contributed by atoms with van der Waals surface area (Å²) in [6.07, 6.45) is 1.37. The van der Waals surface area contributed by atoms with Gasteiger partial charge < -0.3 is 5.73 Å². The second-order valence-electron chi connectivity index (χ2n) is 4.34. The fourth-order valence-electron chi connectivity index (χ4n) is 1.50. The Hall–Kier alpha value is -1.03. The van der Waals surface area contributed by atoms with E-state index in [1.54, 1.807) is 0 Å². The van der Waals surface area contributed by atoms with Crippen molar-refractivity contribution in [2.24, 2.45) is 11.7 Å². The highest BCUT2D eigenvalue weighted by atomic mass is 19.2. The van der Waals surface area contributed by atoms with Crippen LogP contribution in [0.15, 0.2) is 12.1 Å². The zero-order chi connectivity index (χ0) is 12.3. The number of rotatable bonds is 4. The number of hydrogen-bond acceptors (Lipinski definition) is 1. The summed E-state index contributed by atoms with van der Waals surface area (Å²) in [5.41, 5.74) is 5.78. The van der Waals surface area contributed by atoms with Crippen molar-refractivity contribution >= 4 is 0 Å². The van der Waals surface area contributed by atoms with Gasteiger partial charge in [0.15, 0.2) is 17.5 Å². The molecule has 0 saturated carbocycles. The highest BCUT2D eigenvalue weighted by Crippen LogP contribution is 2.24. The number of hydrogen-bond donors (Lipinski definition) is 1. The summed E-state index contributed by atoms with van der Waals surface area (Å²) < 4.78 is 39.0. The molecule has 1 rings (SSSR count). The largest absolute Gasteiger partial charge is 0.324 e. The van der Waals surface area contributed by atoms with E-state index in [1.807, 2.05) is 13.8 Å². The molecule has 4 heteroatoms. The maximum Gasteiger partial charge on any atom is 0.194 e. The van der Waals surface area contributed by atoms with E-state index in [2.05, 4.69) is 0 Å². The van der Waals surface area contributed by atoms with Crippen LogP contribution >= 0.6 is 0 Å². The van der Waals surface area contributed by atoms with E-state index in [-0.39, 0.29) is 5.56 Å². The first kappa shape index (κ1) is 13.0. The molecular formula is C12H16F3N. The van der Waals surface area contributed by atoms with Crippen LogP contribution < -0.4 is 5.73 Å². The summed E-state index contributed by atoms with van der Waals surface area (Å²) in [4.78, 5) is 0. The van der Waals surface area contributed by atoms with E-state index in [1.165, 1.54) is 6.07 Å². The van der Waals surface area contributed by atoms with Crippen LogP contribution in [0.2, 0.25) is 0 Å². The van der Waals surface area contributed by atoms with Crippen molar-refractivity contribution in [3.63, 3.8) is 0 Å². The monoisotopic (exact) mass is 231 g/mol. The topological polar surface area (TPSA) is 26.0 Å². The summed E-state index contributed by atoms with van der Waals surface area (Å²) >= 11 is 0. The molecule has 2 N–H and O–H groups in total. The molecule has 1 aromatic carbocycles. The molecule has 0 unspecified atom stereocenters. The van der Waals surface area contributed by atoms with E-state index in [4.69, 9.17) is 5.73 Å². The molecule has 1 aromatic rings. The van der Waals surface area contributed by atoms with Crippen molar-refractivity contribution in [1.82, 2.24) is 0 Å². The van der Waals surface area contributed by atoms with Gasteiger partial charge in [-0.05, 0) is 24.8 Å². The minimum absolute atomic E-state index is 0.0413. The maximum absolute atomic E-state index is 13.3. The molecule has 1 nitrogen and oxygen atoms in total. The van der Waals surface area contributed by atoms with Gasteiger partial charge in [0.25, 0.3) is 0 Å². The van der Waals surface area contributed by atoms with Gasteiger partial charge in [0.2, 0.25) is 0 Å². The molecule has 0 aromatic heterocycles. The van der Waals surface area contributed by atoms with E-state index < -0.39 is 23.5 Å². The fourth-order valence-corrected chi connectivity index (χ4v) is 1.50.